The lowest BCUT2D eigenvalue weighted by molar-refractivity contribution is 0.391. The van der Waals surface area contributed by atoms with Crippen LogP contribution in [0.2, 0.25) is 0 Å². The molecule has 4 nitrogen and oxygen atoms in total. The van der Waals surface area contributed by atoms with Gasteiger partial charge in [0.15, 0.2) is 0 Å². The van der Waals surface area contributed by atoms with E-state index in [1.807, 2.05) is 13.8 Å². The van der Waals surface area contributed by atoms with E-state index in [0.29, 0.717) is 23.7 Å². The van der Waals surface area contributed by atoms with Crippen LogP contribution in [0.25, 0.3) is 0 Å². The number of rotatable bonds is 5. The van der Waals surface area contributed by atoms with E-state index in [2.05, 4.69) is 3.63 Å². The van der Waals surface area contributed by atoms with Crippen molar-refractivity contribution in [1.29, 1.82) is 0 Å². The van der Waals surface area contributed by atoms with Crippen LogP contribution in [0.5, 0.6) is 0 Å². The summed E-state index contributed by atoms with van der Waals surface area (Å²) in [6.45, 7) is 4.01. The first-order chi connectivity index (χ1) is 4.92. The molecule has 11 heavy (non-hydrogen) atoms. The van der Waals surface area contributed by atoms with Crippen LogP contribution in [0, 0.1) is 5.92 Å². The minimum absolute atomic E-state index is 0.487. The van der Waals surface area contributed by atoms with E-state index in [0.717, 1.165) is 6.42 Å². The van der Waals surface area contributed by atoms with Gasteiger partial charge in [0.2, 0.25) is 10.4 Å². The first kappa shape index (κ1) is 11.2. The number of hydrogen-bond donors (Lipinski definition) is 0. The lowest BCUT2D eigenvalue weighted by Gasteiger charge is -2.06. The third kappa shape index (κ3) is 10.2. The highest BCUT2D eigenvalue weighted by atomic mass is 32.3. The summed E-state index contributed by atoms with van der Waals surface area (Å²) in [4.78, 5) is 0. The highest BCUT2D eigenvalue weighted by molar-refractivity contribution is 8.02. The van der Waals surface area contributed by atoms with Gasteiger partial charge in [-0.15, -0.1) is 0 Å². The van der Waals surface area contributed by atoms with Crippen LogP contribution < -0.4 is 0 Å². The molecule has 0 aliphatic carbocycles. The van der Waals surface area contributed by atoms with Crippen LogP contribution in [-0.2, 0) is 14.0 Å². The molecule has 0 N–H and O–H groups in total. The van der Waals surface area contributed by atoms with E-state index >= 15 is 0 Å². The fraction of sp³-hybridized carbons (Fsp3) is 1.00. The van der Waals surface area contributed by atoms with Gasteiger partial charge in [-0.25, -0.2) is 12.0 Å². The van der Waals surface area contributed by atoms with Crippen LogP contribution in [0.4, 0.5) is 0 Å². The molecule has 6 heteroatoms. The molecule has 0 aromatic rings. The largest absolute Gasteiger partial charge is 0.725 e. The SMILES string of the molecule is CC(C)CCSOS(=O)(=O)[O-]. The average molecular weight is 199 g/mol. The summed E-state index contributed by atoms with van der Waals surface area (Å²) in [5, 5.41) is 0. The summed E-state index contributed by atoms with van der Waals surface area (Å²) < 4.78 is 33.5. The van der Waals surface area contributed by atoms with Gasteiger partial charge in [-0.1, -0.05) is 13.8 Å². The predicted molar refractivity (Wildman–Crippen MR) is 42.7 cm³/mol. The first-order valence-electron chi connectivity index (χ1n) is 3.18. The fourth-order valence-electron chi connectivity index (χ4n) is 0.377. The van der Waals surface area contributed by atoms with Crippen molar-refractivity contribution in [3.63, 3.8) is 0 Å². The standard InChI is InChI=1S/C5H12O4S2/c1-5(2)3-4-10-9-11(6,7)8/h5H,3-4H2,1-2H3,(H,6,7,8)/p-1. The third-order valence-corrected chi connectivity index (χ3v) is 2.36. The van der Waals surface area contributed by atoms with Crippen LogP contribution in [0.3, 0.4) is 0 Å². The zero-order valence-electron chi connectivity index (χ0n) is 6.44. The molecule has 0 aromatic carbocycles. The smallest absolute Gasteiger partial charge is 0.228 e. The molecule has 0 aromatic heterocycles. The van der Waals surface area contributed by atoms with E-state index in [4.69, 9.17) is 0 Å². The molecule has 0 unspecified atom stereocenters. The Labute approximate surface area is 71.5 Å². The Morgan fingerprint density at radius 1 is 1.55 bits per heavy atom. The zero-order chi connectivity index (χ0) is 8.91. The molecule has 0 saturated heterocycles. The molecular weight excluding hydrogens is 188 g/mol. The lowest BCUT2D eigenvalue weighted by Crippen LogP contribution is -1.99. The van der Waals surface area contributed by atoms with Crippen molar-refractivity contribution in [2.75, 3.05) is 5.75 Å². The second-order valence-electron chi connectivity index (χ2n) is 2.48. The van der Waals surface area contributed by atoms with Crippen molar-refractivity contribution in [3.05, 3.63) is 0 Å². The van der Waals surface area contributed by atoms with Crippen molar-refractivity contribution >= 4 is 22.4 Å². The Bertz CT molecular complexity index is 185. The van der Waals surface area contributed by atoms with Crippen molar-refractivity contribution < 1.29 is 16.6 Å². The van der Waals surface area contributed by atoms with Crippen LogP contribution in [0.1, 0.15) is 20.3 Å². The topological polar surface area (TPSA) is 66.4 Å². The minimum Gasteiger partial charge on any atom is -0.725 e. The van der Waals surface area contributed by atoms with E-state index in [-0.39, 0.29) is 0 Å². The quantitative estimate of drug-likeness (QED) is 0.287. The van der Waals surface area contributed by atoms with Crippen molar-refractivity contribution in [2.45, 2.75) is 20.3 Å². The average Bonchev–Trinajstić information content (AvgIpc) is 1.78. The Balaban J connectivity index is 3.30. The van der Waals surface area contributed by atoms with Gasteiger partial charge in [0.05, 0.1) is 0 Å². The minimum atomic E-state index is -4.51. The summed E-state index contributed by atoms with van der Waals surface area (Å²) in [6.07, 6.45) is 0.834. The molecule has 0 heterocycles. The molecule has 0 aliphatic heterocycles. The summed E-state index contributed by atoms with van der Waals surface area (Å²) >= 11 is 0.688. The van der Waals surface area contributed by atoms with Gasteiger partial charge >= 0.3 is 0 Å². The molecule has 0 bridgehead atoms. The van der Waals surface area contributed by atoms with E-state index in [1.165, 1.54) is 0 Å². The highest BCUT2D eigenvalue weighted by Crippen LogP contribution is 2.11. The molecule has 0 amide bonds. The van der Waals surface area contributed by atoms with Gasteiger partial charge in [-0.05, 0) is 12.3 Å². The molecule has 68 valence electrons. The fourth-order valence-corrected chi connectivity index (χ4v) is 1.69. The van der Waals surface area contributed by atoms with E-state index in [1.54, 1.807) is 0 Å². The molecule has 0 saturated carbocycles. The second kappa shape index (κ2) is 4.97. The van der Waals surface area contributed by atoms with Gasteiger partial charge in [0.1, 0.15) is 0 Å². The maximum Gasteiger partial charge on any atom is 0.228 e. The molecule has 0 rings (SSSR count). The van der Waals surface area contributed by atoms with Gasteiger partial charge < -0.3 is 4.55 Å². The molecule has 0 radical (unpaired) electrons. The second-order valence-corrected chi connectivity index (χ2v) is 4.49. The molecule has 0 fully saturated rings. The molecule has 0 spiro atoms. The van der Waals surface area contributed by atoms with Crippen LogP contribution in [-0.4, -0.2) is 18.7 Å². The maximum atomic E-state index is 9.88. The van der Waals surface area contributed by atoms with Crippen molar-refractivity contribution in [2.24, 2.45) is 5.92 Å². The van der Waals surface area contributed by atoms with Gasteiger partial charge in [-0.3, -0.25) is 0 Å². The lowest BCUT2D eigenvalue weighted by atomic mass is 10.2. The van der Waals surface area contributed by atoms with Gasteiger partial charge in [0.25, 0.3) is 0 Å². The normalized spacial score (nSPS) is 12.4. The monoisotopic (exact) mass is 199 g/mol. The van der Waals surface area contributed by atoms with Crippen molar-refractivity contribution in [1.82, 2.24) is 0 Å². The molecular formula is C5H11O4S2-. The molecule has 0 atom stereocenters. The zero-order valence-corrected chi connectivity index (χ0v) is 8.07. The van der Waals surface area contributed by atoms with E-state index in [9.17, 15) is 13.0 Å². The van der Waals surface area contributed by atoms with Crippen LogP contribution >= 0.6 is 12.0 Å². The van der Waals surface area contributed by atoms with E-state index < -0.39 is 10.4 Å². The highest BCUT2D eigenvalue weighted by Gasteiger charge is 1.97. The van der Waals surface area contributed by atoms with Gasteiger partial charge in [0, 0.05) is 17.8 Å². The Morgan fingerprint density at radius 3 is 2.45 bits per heavy atom. The third-order valence-electron chi connectivity index (χ3n) is 0.910. The first-order valence-corrected chi connectivity index (χ1v) is 5.43. The van der Waals surface area contributed by atoms with Crippen LogP contribution in [0.15, 0.2) is 0 Å². The molecule has 0 aliphatic rings. The summed E-state index contributed by atoms with van der Waals surface area (Å²) in [5.74, 6) is 1.01. The summed E-state index contributed by atoms with van der Waals surface area (Å²) in [7, 11) is -4.51. The summed E-state index contributed by atoms with van der Waals surface area (Å²) in [6, 6.07) is 0. The van der Waals surface area contributed by atoms with Gasteiger partial charge in [-0.2, -0.15) is 0 Å². The Kier molecular flexibility index (Phi) is 5.07. The summed E-state index contributed by atoms with van der Waals surface area (Å²) in [5.41, 5.74) is 0. The Hall–Kier alpha value is 0.220. The van der Waals surface area contributed by atoms with Crippen molar-refractivity contribution in [3.8, 4) is 0 Å². The predicted octanol–water partition coefficient (Wildman–Crippen LogP) is 1.16. The maximum absolute atomic E-state index is 9.88. The number of hydrogen-bond acceptors (Lipinski definition) is 5. The Morgan fingerprint density at radius 2 is 2.09 bits per heavy atom.